The molecule has 4 N–H and O–H groups in total. The van der Waals surface area contributed by atoms with Gasteiger partial charge in [-0.15, -0.1) is 0 Å². The number of hydrogen-bond acceptors (Lipinski definition) is 5. The summed E-state index contributed by atoms with van der Waals surface area (Å²) in [5.74, 6) is 0.834. The van der Waals surface area contributed by atoms with E-state index in [9.17, 15) is 14.4 Å². The number of thioether (sulfide) groups is 1. The van der Waals surface area contributed by atoms with Crippen LogP contribution in [0.5, 0.6) is 0 Å². The van der Waals surface area contributed by atoms with Gasteiger partial charge in [0.15, 0.2) is 0 Å². The second-order valence-electron chi connectivity index (χ2n) is 6.26. The van der Waals surface area contributed by atoms with Gasteiger partial charge < -0.3 is 15.1 Å². The molecule has 0 saturated carbocycles. The highest BCUT2D eigenvalue weighted by Gasteiger charge is 2.42. The van der Waals surface area contributed by atoms with Gasteiger partial charge in [-0.1, -0.05) is 6.42 Å². The van der Waals surface area contributed by atoms with Crippen LogP contribution in [0, 0.1) is 6.92 Å². The number of urea groups is 1. The summed E-state index contributed by atoms with van der Waals surface area (Å²) in [5, 5.41) is 6.28. The second-order valence-corrected chi connectivity index (χ2v) is 7.53. The number of carbonyl (C=O) groups excluding carboxylic acids is 3. The number of carbonyl (C=O) groups is 3. The molecule has 2 fully saturated rings. The monoisotopic (exact) mass is 366 g/mol. The first-order valence-corrected chi connectivity index (χ1v) is 9.41. The van der Waals surface area contributed by atoms with Crippen LogP contribution in [0.1, 0.15) is 41.8 Å². The molecule has 0 bridgehead atoms. The molecule has 3 rings (SSSR count). The fourth-order valence-electron chi connectivity index (χ4n) is 3.15. The first kappa shape index (κ1) is 17.7. The summed E-state index contributed by atoms with van der Waals surface area (Å²) in [5.41, 5.74) is 5.20. The van der Waals surface area contributed by atoms with E-state index in [-0.39, 0.29) is 24.0 Å². The van der Waals surface area contributed by atoms with Crippen molar-refractivity contribution in [3.63, 3.8) is 0 Å². The fraction of sp³-hybridized carbons (Fsp3) is 0.562. The lowest BCUT2D eigenvalue weighted by atomic mass is 10.0. The number of hydrogen-bond donors (Lipinski definition) is 4. The number of hydrazine groups is 1. The summed E-state index contributed by atoms with van der Waals surface area (Å²) in [6, 6.07) is 1.90. The molecule has 3 unspecified atom stereocenters. The number of nitrogens with one attached hydrogen (secondary N) is 4. The van der Waals surface area contributed by atoms with E-state index in [4.69, 9.17) is 4.42 Å². The average molecular weight is 366 g/mol. The van der Waals surface area contributed by atoms with Gasteiger partial charge in [-0.05, 0) is 25.8 Å². The van der Waals surface area contributed by atoms with E-state index >= 15 is 0 Å². The summed E-state index contributed by atoms with van der Waals surface area (Å²) in [7, 11) is 0. The zero-order chi connectivity index (χ0) is 17.8. The van der Waals surface area contributed by atoms with E-state index in [1.165, 1.54) is 6.26 Å². The van der Waals surface area contributed by atoms with Gasteiger partial charge >= 0.3 is 6.03 Å². The summed E-state index contributed by atoms with van der Waals surface area (Å²) in [6.07, 6.45) is 4.38. The van der Waals surface area contributed by atoms with Crippen molar-refractivity contribution in [1.82, 2.24) is 21.5 Å². The van der Waals surface area contributed by atoms with E-state index in [0.29, 0.717) is 23.0 Å². The van der Waals surface area contributed by atoms with Crippen molar-refractivity contribution in [2.45, 2.75) is 49.9 Å². The lowest BCUT2D eigenvalue weighted by molar-refractivity contribution is -0.122. The third kappa shape index (κ3) is 4.28. The predicted octanol–water partition coefficient (Wildman–Crippen LogP) is 1.07. The minimum absolute atomic E-state index is 0.0803. The number of unbranched alkanes of at least 4 members (excludes halogenated alkanes) is 1. The Morgan fingerprint density at radius 1 is 1.32 bits per heavy atom. The average Bonchev–Trinajstić information content (AvgIpc) is 3.25. The van der Waals surface area contributed by atoms with Crippen LogP contribution in [0.25, 0.3) is 0 Å². The van der Waals surface area contributed by atoms with Crippen LogP contribution in [0.3, 0.4) is 0 Å². The molecule has 2 saturated heterocycles. The molecule has 1 aromatic rings. The number of amides is 4. The largest absolute Gasteiger partial charge is 0.469 e. The highest BCUT2D eigenvalue weighted by molar-refractivity contribution is 8.00. The molecular formula is C16H22N4O4S. The predicted molar refractivity (Wildman–Crippen MR) is 93.0 cm³/mol. The van der Waals surface area contributed by atoms with Gasteiger partial charge in [-0.2, -0.15) is 11.8 Å². The molecule has 9 heteroatoms. The van der Waals surface area contributed by atoms with Gasteiger partial charge in [-0.25, -0.2) is 4.79 Å². The van der Waals surface area contributed by atoms with Gasteiger partial charge in [-0.3, -0.25) is 20.4 Å². The van der Waals surface area contributed by atoms with Crippen molar-refractivity contribution in [3.8, 4) is 0 Å². The minimum atomic E-state index is -0.391. The number of furan rings is 1. The highest BCUT2D eigenvalue weighted by Crippen LogP contribution is 2.33. The standard InChI is InChI=1S/C16H22N4O4S/c1-9-10(6-7-24-9)15(22)20-19-13(21)5-3-2-4-12-14-11(8-25-12)17-16(23)18-14/h6-7,11-12,14H,2-5,8H2,1H3,(H,19,21)(H,20,22)(H2,17,18,23). The van der Waals surface area contributed by atoms with Gasteiger partial charge in [0.25, 0.3) is 5.91 Å². The zero-order valence-corrected chi connectivity index (χ0v) is 14.8. The number of rotatable bonds is 6. The quantitative estimate of drug-likeness (QED) is 0.342. The Hall–Kier alpha value is -2.16. The van der Waals surface area contributed by atoms with E-state index in [2.05, 4.69) is 21.5 Å². The third-order valence-electron chi connectivity index (χ3n) is 4.50. The number of aryl methyl sites for hydroxylation is 1. The van der Waals surface area contributed by atoms with Crippen molar-refractivity contribution in [3.05, 3.63) is 23.7 Å². The summed E-state index contributed by atoms with van der Waals surface area (Å²) in [6.45, 7) is 1.69. The Morgan fingerprint density at radius 3 is 2.92 bits per heavy atom. The molecule has 0 spiro atoms. The van der Waals surface area contributed by atoms with E-state index in [0.717, 1.165) is 25.0 Å². The highest BCUT2D eigenvalue weighted by atomic mass is 32.2. The maximum atomic E-state index is 11.8. The topological polar surface area (TPSA) is 112 Å². The van der Waals surface area contributed by atoms with Crippen LogP contribution < -0.4 is 21.5 Å². The van der Waals surface area contributed by atoms with Crippen LogP contribution in [-0.2, 0) is 4.79 Å². The molecule has 4 amide bonds. The Labute approximate surface area is 149 Å². The molecule has 136 valence electrons. The van der Waals surface area contributed by atoms with Crippen molar-refractivity contribution in [2.75, 3.05) is 5.75 Å². The summed E-state index contributed by atoms with van der Waals surface area (Å²) >= 11 is 1.87. The van der Waals surface area contributed by atoms with Crippen molar-refractivity contribution in [2.24, 2.45) is 0 Å². The fourth-order valence-corrected chi connectivity index (χ4v) is 4.69. The normalized spacial score (nSPS) is 24.4. The van der Waals surface area contributed by atoms with Crippen LogP contribution in [0.2, 0.25) is 0 Å². The SMILES string of the molecule is Cc1occc1C(=O)NNC(=O)CCCCC1SCC2NC(=O)NC21. The van der Waals surface area contributed by atoms with E-state index in [1.807, 2.05) is 11.8 Å². The first-order valence-electron chi connectivity index (χ1n) is 8.36. The lowest BCUT2D eigenvalue weighted by Gasteiger charge is -2.16. The van der Waals surface area contributed by atoms with Crippen LogP contribution in [-0.4, -0.2) is 40.9 Å². The molecule has 2 aliphatic rings. The molecule has 0 aliphatic carbocycles. The smallest absolute Gasteiger partial charge is 0.315 e. The molecule has 0 aromatic carbocycles. The van der Waals surface area contributed by atoms with Crippen LogP contribution >= 0.6 is 11.8 Å². The molecular weight excluding hydrogens is 344 g/mol. The minimum Gasteiger partial charge on any atom is -0.469 e. The van der Waals surface area contributed by atoms with E-state index in [1.54, 1.807) is 13.0 Å². The molecule has 25 heavy (non-hydrogen) atoms. The van der Waals surface area contributed by atoms with E-state index < -0.39 is 5.91 Å². The summed E-state index contributed by atoms with van der Waals surface area (Å²) in [4.78, 5) is 35.0. The zero-order valence-electron chi connectivity index (χ0n) is 14.0. The Morgan fingerprint density at radius 2 is 2.16 bits per heavy atom. The molecule has 2 aliphatic heterocycles. The summed E-state index contributed by atoms with van der Waals surface area (Å²) < 4.78 is 5.05. The Kier molecular flexibility index (Phi) is 5.52. The van der Waals surface area contributed by atoms with Crippen molar-refractivity contribution in [1.29, 1.82) is 0 Å². The molecule has 0 radical (unpaired) electrons. The Bertz CT molecular complexity index is 662. The first-order chi connectivity index (χ1) is 12.0. The second kappa shape index (κ2) is 7.81. The van der Waals surface area contributed by atoms with Gasteiger partial charge in [0.2, 0.25) is 5.91 Å². The van der Waals surface area contributed by atoms with Gasteiger partial charge in [0, 0.05) is 17.4 Å². The molecule has 3 heterocycles. The lowest BCUT2D eigenvalue weighted by Crippen LogP contribution is -2.41. The molecule has 3 atom stereocenters. The van der Waals surface area contributed by atoms with Crippen molar-refractivity contribution >= 4 is 29.6 Å². The molecule has 1 aromatic heterocycles. The van der Waals surface area contributed by atoms with Crippen molar-refractivity contribution < 1.29 is 18.8 Å². The van der Waals surface area contributed by atoms with Gasteiger partial charge in [0.05, 0.1) is 23.9 Å². The number of fused-ring (bicyclic) bond motifs is 1. The van der Waals surface area contributed by atoms with Crippen LogP contribution in [0.15, 0.2) is 16.7 Å². The van der Waals surface area contributed by atoms with Gasteiger partial charge in [0.1, 0.15) is 5.76 Å². The Balaban J connectivity index is 1.30. The third-order valence-corrected chi connectivity index (χ3v) is 6.01. The molecule has 8 nitrogen and oxygen atoms in total. The van der Waals surface area contributed by atoms with Crippen LogP contribution in [0.4, 0.5) is 4.79 Å². The maximum Gasteiger partial charge on any atom is 0.315 e. The maximum absolute atomic E-state index is 11.8.